The minimum absolute atomic E-state index is 0.0361. The van der Waals surface area contributed by atoms with Gasteiger partial charge in [-0.1, -0.05) is 19.0 Å². The van der Waals surface area contributed by atoms with Crippen LogP contribution in [0.2, 0.25) is 0 Å². The second-order valence-corrected chi connectivity index (χ2v) is 4.48. The molecular formula is C10H14F3N3O3. The van der Waals surface area contributed by atoms with Gasteiger partial charge in [0, 0.05) is 5.92 Å². The van der Waals surface area contributed by atoms with Gasteiger partial charge in [0.2, 0.25) is 11.4 Å². The molecule has 108 valence electrons. The zero-order chi connectivity index (χ0) is 14.8. The molecule has 9 heteroatoms. The predicted molar refractivity (Wildman–Crippen MR) is 57.3 cm³/mol. The van der Waals surface area contributed by atoms with Crippen molar-refractivity contribution in [3.63, 3.8) is 0 Å². The molecule has 0 spiro atoms. The lowest BCUT2D eigenvalue weighted by Crippen LogP contribution is -2.59. The maximum Gasteiger partial charge on any atom is 0.417 e. The third kappa shape index (κ3) is 3.22. The number of nitrogens with one attached hydrogen (secondary N) is 1. The Kier molecular flexibility index (Phi) is 4.18. The van der Waals surface area contributed by atoms with Crippen molar-refractivity contribution in [2.75, 3.05) is 0 Å². The first kappa shape index (κ1) is 15.4. The number of carboxylic acid groups (broad SMARTS) is 1. The Hall–Kier alpha value is -1.64. The summed E-state index contributed by atoms with van der Waals surface area (Å²) in [5, 5.41) is 14.1. The van der Waals surface area contributed by atoms with Gasteiger partial charge in [0.25, 0.3) is 0 Å². The summed E-state index contributed by atoms with van der Waals surface area (Å²) in [6.45, 7) is 3.63. The van der Waals surface area contributed by atoms with Crippen molar-refractivity contribution in [3.05, 3.63) is 11.7 Å². The molecule has 0 aromatic carbocycles. The first-order chi connectivity index (χ1) is 8.58. The van der Waals surface area contributed by atoms with E-state index >= 15 is 0 Å². The van der Waals surface area contributed by atoms with Crippen LogP contribution < -0.4 is 5.32 Å². The minimum Gasteiger partial charge on any atom is -0.480 e. The van der Waals surface area contributed by atoms with Crippen LogP contribution in [0.5, 0.6) is 0 Å². The molecule has 0 amide bonds. The summed E-state index contributed by atoms with van der Waals surface area (Å²) in [7, 11) is 0. The Morgan fingerprint density at radius 1 is 1.47 bits per heavy atom. The van der Waals surface area contributed by atoms with Gasteiger partial charge in [-0.05, 0) is 6.92 Å². The summed E-state index contributed by atoms with van der Waals surface area (Å²) < 4.78 is 42.8. The summed E-state index contributed by atoms with van der Waals surface area (Å²) in [5.41, 5.74) is -3.07. The lowest BCUT2D eigenvalue weighted by atomic mass is 10.0. The fraction of sp³-hybridized carbons (Fsp3) is 0.700. The first-order valence-electron chi connectivity index (χ1n) is 5.45. The van der Waals surface area contributed by atoms with Crippen LogP contribution in [0, 0.1) is 0 Å². The van der Waals surface area contributed by atoms with Gasteiger partial charge in [-0.3, -0.25) is 5.32 Å². The standard InChI is InChI=1S/C10H14F3N3O3/c1-5(2)7-15-6(19-16-7)4-14-9(3,8(17)18)10(11,12)13/h5,14H,4H2,1-3H3,(H,17,18). The van der Waals surface area contributed by atoms with Crippen LogP contribution in [-0.4, -0.2) is 32.9 Å². The molecule has 0 saturated heterocycles. The van der Waals surface area contributed by atoms with E-state index in [2.05, 4.69) is 10.1 Å². The highest BCUT2D eigenvalue weighted by atomic mass is 19.4. The fourth-order valence-corrected chi connectivity index (χ4v) is 1.12. The van der Waals surface area contributed by atoms with Crippen molar-refractivity contribution >= 4 is 5.97 Å². The number of carbonyl (C=O) groups is 1. The van der Waals surface area contributed by atoms with Gasteiger partial charge in [0.15, 0.2) is 5.82 Å². The van der Waals surface area contributed by atoms with Crippen LogP contribution in [0.25, 0.3) is 0 Å². The average Bonchev–Trinajstić information content (AvgIpc) is 2.72. The lowest BCUT2D eigenvalue weighted by Gasteiger charge is -2.27. The molecule has 2 N–H and O–H groups in total. The van der Waals surface area contributed by atoms with Crippen LogP contribution in [0.4, 0.5) is 13.2 Å². The molecule has 1 aromatic rings. The van der Waals surface area contributed by atoms with Crippen LogP contribution in [-0.2, 0) is 11.3 Å². The number of aliphatic carboxylic acids is 1. The van der Waals surface area contributed by atoms with Crippen molar-refractivity contribution in [2.24, 2.45) is 0 Å². The summed E-state index contributed by atoms with van der Waals surface area (Å²) in [6.07, 6.45) is -4.94. The molecule has 6 nitrogen and oxygen atoms in total. The zero-order valence-corrected chi connectivity index (χ0v) is 10.6. The molecule has 0 aliphatic rings. The van der Waals surface area contributed by atoms with Crippen LogP contribution in [0.15, 0.2) is 4.52 Å². The highest BCUT2D eigenvalue weighted by Gasteiger charge is 2.57. The third-order valence-corrected chi connectivity index (χ3v) is 2.59. The number of carboxylic acids is 1. The Balaban J connectivity index is 2.80. The van der Waals surface area contributed by atoms with E-state index in [1.807, 2.05) is 5.32 Å². The maximum absolute atomic E-state index is 12.7. The highest BCUT2D eigenvalue weighted by molar-refractivity contribution is 5.79. The fourth-order valence-electron chi connectivity index (χ4n) is 1.12. The van der Waals surface area contributed by atoms with E-state index < -0.39 is 24.2 Å². The Morgan fingerprint density at radius 3 is 2.42 bits per heavy atom. The highest BCUT2D eigenvalue weighted by Crippen LogP contribution is 2.30. The summed E-state index contributed by atoms with van der Waals surface area (Å²) in [4.78, 5) is 14.6. The minimum atomic E-state index is -4.94. The second kappa shape index (κ2) is 5.16. The van der Waals surface area contributed by atoms with Gasteiger partial charge in [-0.25, -0.2) is 4.79 Å². The van der Waals surface area contributed by atoms with E-state index in [0.29, 0.717) is 12.7 Å². The lowest BCUT2D eigenvalue weighted by molar-refractivity contribution is -0.206. The quantitative estimate of drug-likeness (QED) is 0.853. The SMILES string of the molecule is CC(C)c1noc(CNC(C)(C(=O)O)C(F)(F)F)n1. The molecule has 0 radical (unpaired) electrons. The average molecular weight is 281 g/mol. The molecule has 1 aromatic heterocycles. The maximum atomic E-state index is 12.7. The largest absolute Gasteiger partial charge is 0.480 e. The molecule has 0 fully saturated rings. The van der Waals surface area contributed by atoms with Gasteiger partial charge in [0.05, 0.1) is 6.54 Å². The number of alkyl halides is 3. The monoisotopic (exact) mass is 281 g/mol. The first-order valence-corrected chi connectivity index (χ1v) is 5.45. The number of nitrogens with zero attached hydrogens (tertiary/aromatic N) is 2. The number of hydrogen-bond acceptors (Lipinski definition) is 5. The van der Waals surface area contributed by atoms with Crippen LogP contribution >= 0.6 is 0 Å². The molecule has 1 heterocycles. The van der Waals surface area contributed by atoms with E-state index in [0.717, 1.165) is 0 Å². The second-order valence-electron chi connectivity index (χ2n) is 4.48. The van der Waals surface area contributed by atoms with Crippen molar-refractivity contribution in [1.29, 1.82) is 0 Å². The molecule has 0 aliphatic heterocycles. The Bertz CT molecular complexity index is 458. The number of hydrogen-bond donors (Lipinski definition) is 2. The summed E-state index contributed by atoms with van der Waals surface area (Å²) in [6, 6.07) is 0. The Labute approximate surface area is 107 Å². The smallest absolute Gasteiger partial charge is 0.417 e. The number of rotatable bonds is 5. The topological polar surface area (TPSA) is 88.2 Å². The molecule has 1 atom stereocenters. The van der Waals surface area contributed by atoms with E-state index in [9.17, 15) is 18.0 Å². The molecule has 0 bridgehead atoms. The van der Waals surface area contributed by atoms with Gasteiger partial charge in [-0.15, -0.1) is 0 Å². The van der Waals surface area contributed by atoms with Gasteiger partial charge in [-0.2, -0.15) is 18.2 Å². The van der Waals surface area contributed by atoms with Crippen molar-refractivity contribution in [3.8, 4) is 0 Å². The van der Waals surface area contributed by atoms with E-state index in [1.165, 1.54) is 0 Å². The van der Waals surface area contributed by atoms with Crippen molar-refractivity contribution < 1.29 is 27.6 Å². The predicted octanol–water partition coefficient (Wildman–Crippen LogP) is 1.69. The molecule has 19 heavy (non-hydrogen) atoms. The van der Waals surface area contributed by atoms with Crippen molar-refractivity contribution in [1.82, 2.24) is 15.5 Å². The zero-order valence-electron chi connectivity index (χ0n) is 10.6. The summed E-state index contributed by atoms with van der Waals surface area (Å²) in [5.74, 6) is -1.81. The van der Waals surface area contributed by atoms with Gasteiger partial charge >= 0.3 is 12.1 Å². The van der Waals surface area contributed by atoms with E-state index in [-0.39, 0.29) is 11.8 Å². The van der Waals surface area contributed by atoms with E-state index in [4.69, 9.17) is 9.63 Å². The van der Waals surface area contributed by atoms with E-state index in [1.54, 1.807) is 13.8 Å². The van der Waals surface area contributed by atoms with Crippen LogP contribution in [0.1, 0.15) is 38.4 Å². The van der Waals surface area contributed by atoms with Crippen molar-refractivity contribution in [2.45, 2.75) is 44.9 Å². The van der Waals surface area contributed by atoms with Gasteiger partial charge in [0.1, 0.15) is 0 Å². The number of halogens is 3. The molecule has 1 unspecified atom stereocenters. The normalized spacial score (nSPS) is 15.5. The van der Waals surface area contributed by atoms with Gasteiger partial charge < -0.3 is 9.63 Å². The molecular weight excluding hydrogens is 267 g/mol. The van der Waals surface area contributed by atoms with Crippen LogP contribution in [0.3, 0.4) is 0 Å². The third-order valence-electron chi connectivity index (χ3n) is 2.59. The number of aromatic nitrogens is 2. The Morgan fingerprint density at radius 2 is 2.05 bits per heavy atom. The molecule has 0 aliphatic carbocycles. The summed E-state index contributed by atoms with van der Waals surface area (Å²) >= 11 is 0. The molecule has 1 rings (SSSR count). The molecule has 0 saturated carbocycles.